The Labute approximate surface area is 145 Å². The topological polar surface area (TPSA) is 3.24 Å². The van der Waals surface area contributed by atoms with Crippen molar-refractivity contribution in [3.63, 3.8) is 0 Å². The summed E-state index contributed by atoms with van der Waals surface area (Å²) in [7, 11) is 0. The zero-order valence-electron chi connectivity index (χ0n) is 16.0. The molecular weight excluding hydrogens is 278 g/mol. The van der Waals surface area contributed by atoms with E-state index in [1.54, 1.807) is 25.7 Å². The molecule has 134 valence electrons. The SMILES string of the molecule is CCCC1CCN(CC2CCC3(CCC(CC)CC3)CC2)CC1. The van der Waals surface area contributed by atoms with Gasteiger partial charge in [-0.25, -0.2) is 0 Å². The van der Waals surface area contributed by atoms with Gasteiger partial charge >= 0.3 is 0 Å². The molecule has 0 aromatic rings. The van der Waals surface area contributed by atoms with Crippen molar-refractivity contribution in [2.45, 2.75) is 97.3 Å². The van der Waals surface area contributed by atoms with Gasteiger partial charge < -0.3 is 4.90 Å². The molecule has 1 heterocycles. The molecule has 2 saturated carbocycles. The molecule has 1 heteroatoms. The van der Waals surface area contributed by atoms with Crippen LogP contribution in [0.25, 0.3) is 0 Å². The zero-order valence-corrected chi connectivity index (χ0v) is 16.0. The monoisotopic (exact) mass is 319 g/mol. The summed E-state index contributed by atoms with van der Waals surface area (Å²) in [5.74, 6) is 3.12. The third kappa shape index (κ3) is 4.74. The van der Waals surface area contributed by atoms with Gasteiger partial charge in [0, 0.05) is 6.54 Å². The van der Waals surface area contributed by atoms with Gasteiger partial charge in [-0.2, -0.15) is 0 Å². The van der Waals surface area contributed by atoms with Crippen molar-refractivity contribution in [3.8, 4) is 0 Å². The quantitative estimate of drug-likeness (QED) is 0.577. The van der Waals surface area contributed by atoms with Crippen molar-refractivity contribution in [1.82, 2.24) is 4.90 Å². The molecule has 1 nitrogen and oxygen atoms in total. The lowest BCUT2D eigenvalue weighted by atomic mass is 9.61. The van der Waals surface area contributed by atoms with E-state index in [4.69, 9.17) is 0 Å². The molecule has 0 radical (unpaired) electrons. The third-order valence-electron chi connectivity index (χ3n) is 7.83. The minimum Gasteiger partial charge on any atom is -0.303 e. The van der Waals surface area contributed by atoms with Crippen molar-refractivity contribution in [2.75, 3.05) is 19.6 Å². The van der Waals surface area contributed by atoms with Gasteiger partial charge in [0.05, 0.1) is 0 Å². The second-order valence-corrected chi connectivity index (χ2v) is 9.33. The average molecular weight is 320 g/mol. The van der Waals surface area contributed by atoms with Crippen LogP contribution in [-0.2, 0) is 0 Å². The first-order valence-corrected chi connectivity index (χ1v) is 11.0. The van der Waals surface area contributed by atoms with Crippen molar-refractivity contribution in [2.24, 2.45) is 23.2 Å². The van der Waals surface area contributed by atoms with Crippen LogP contribution in [0.2, 0.25) is 0 Å². The van der Waals surface area contributed by atoms with Crippen molar-refractivity contribution in [3.05, 3.63) is 0 Å². The molecule has 1 saturated heterocycles. The van der Waals surface area contributed by atoms with Gasteiger partial charge in [-0.05, 0) is 100 Å². The lowest BCUT2D eigenvalue weighted by molar-refractivity contribution is 0.0574. The zero-order chi connectivity index (χ0) is 16.1. The predicted octanol–water partition coefficient (Wildman–Crippen LogP) is 6.28. The Bertz CT molecular complexity index is 324. The second-order valence-electron chi connectivity index (χ2n) is 9.33. The maximum atomic E-state index is 2.81. The normalized spacial score (nSPS) is 37.3. The van der Waals surface area contributed by atoms with Gasteiger partial charge in [0.2, 0.25) is 0 Å². The first-order valence-electron chi connectivity index (χ1n) is 11.0. The van der Waals surface area contributed by atoms with E-state index >= 15 is 0 Å². The Morgan fingerprint density at radius 2 is 1.30 bits per heavy atom. The van der Waals surface area contributed by atoms with Crippen LogP contribution >= 0.6 is 0 Å². The summed E-state index contributed by atoms with van der Waals surface area (Å²) in [4.78, 5) is 2.81. The molecule has 1 aliphatic heterocycles. The van der Waals surface area contributed by atoms with E-state index < -0.39 is 0 Å². The molecule has 3 aliphatic rings. The Morgan fingerprint density at radius 3 is 1.83 bits per heavy atom. The molecule has 0 atom stereocenters. The number of piperidine rings is 1. The minimum atomic E-state index is 0.788. The highest BCUT2D eigenvalue weighted by molar-refractivity contribution is 4.90. The van der Waals surface area contributed by atoms with E-state index in [2.05, 4.69) is 18.7 Å². The molecule has 2 aliphatic carbocycles. The van der Waals surface area contributed by atoms with E-state index in [-0.39, 0.29) is 0 Å². The molecule has 0 amide bonds. The maximum Gasteiger partial charge on any atom is 0.000967 e. The van der Waals surface area contributed by atoms with Crippen LogP contribution in [0.1, 0.15) is 97.3 Å². The van der Waals surface area contributed by atoms with Gasteiger partial charge in [-0.15, -0.1) is 0 Å². The molecule has 0 unspecified atom stereocenters. The molecule has 3 fully saturated rings. The Hall–Kier alpha value is -0.0400. The minimum absolute atomic E-state index is 0.788. The molecule has 3 rings (SSSR count). The number of hydrogen-bond donors (Lipinski definition) is 0. The van der Waals surface area contributed by atoms with Gasteiger partial charge in [-0.3, -0.25) is 0 Å². The fraction of sp³-hybridized carbons (Fsp3) is 1.00. The van der Waals surface area contributed by atoms with Crippen LogP contribution < -0.4 is 0 Å². The number of likely N-dealkylation sites (tertiary alicyclic amines) is 1. The summed E-state index contributed by atoms with van der Waals surface area (Å²) in [6.45, 7) is 8.95. The maximum absolute atomic E-state index is 2.81. The summed E-state index contributed by atoms with van der Waals surface area (Å²) in [5, 5.41) is 0. The van der Waals surface area contributed by atoms with E-state index in [9.17, 15) is 0 Å². The molecular formula is C22H41N. The van der Waals surface area contributed by atoms with Crippen LogP contribution in [0.15, 0.2) is 0 Å². The van der Waals surface area contributed by atoms with E-state index in [0.717, 1.165) is 23.2 Å². The molecule has 0 aromatic carbocycles. The number of nitrogens with zero attached hydrogens (tertiary/aromatic N) is 1. The van der Waals surface area contributed by atoms with Crippen LogP contribution in [-0.4, -0.2) is 24.5 Å². The molecule has 0 N–H and O–H groups in total. The van der Waals surface area contributed by atoms with Gasteiger partial charge in [0.15, 0.2) is 0 Å². The highest BCUT2D eigenvalue weighted by atomic mass is 15.1. The Morgan fingerprint density at radius 1 is 0.739 bits per heavy atom. The van der Waals surface area contributed by atoms with Crippen LogP contribution in [0.3, 0.4) is 0 Å². The summed E-state index contributed by atoms with van der Waals surface area (Å²) in [6, 6.07) is 0. The van der Waals surface area contributed by atoms with E-state index in [1.807, 2.05) is 0 Å². The third-order valence-corrected chi connectivity index (χ3v) is 7.83. The predicted molar refractivity (Wildman–Crippen MR) is 101 cm³/mol. The molecule has 0 bridgehead atoms. The van der Waals surface area contributed by atoms with E-state index in [1.165, 1.54) is 77.4 Å². The van der Waals surface area contributed by atoms with Crippen LogP contribution in [0, 0.1) is 23.2 Å². The number of hydrogen-bond acceptors (Lipinski definition) is 1. The summed E-state index contributed by atoms with van der Waals surface area (Å²) in [5.41, 5.74) is 0.788. The standard InChI is InChI=1S/C22H41N/c1-3-5-20-10-16-23(17-11-20)18-21-8-14-22(15-9-21)12-6-19(4-2)7-13-22/h19-21H,3-18H2,1-2H3. The first kappa shape index (κ1) is 17.8. The average Bonchev–Trinajstić information content (AvgIpc) is 2.60. The highest BCUT2D eigenvalue weighted by Gasteiger charge is 2.38. The van der Waals surface area contributed by atoms with Crippen molar-refractivity contribution >= 4 is 0 Å². The summed E-state index contributed by atoms with van der Waals surface area (Å²) in [6.07, 6.45) is 19.6. The largest absolute Gasteiger partial charge is 0.303 e. The highest BCUT2D eigenvalue weighted by Crippen LogP contribution is 2.50. The van der Waals surface area contributed by atoms with E-state index in [0.29, 0.717) is 0 Å². The molecule has 1 spiro atoms. The Kier molecular flexibility index (Phi) is 6.46. The van der Waals surface area contributed by atoms with Crippen molar-refractivity contribution in [1.29, 1.82) is 0 Å². The summed E-state index contributed by atoms with van der Waals surface area (Å²) < 4.78 is 0. The van der Waals surface area contributed by atoms with Gasteiger partial charge in [-0.1, -0.05) is 33.1 Å². The second kappa shape index (κ2) is 8.37. The lowest BCUT2D eigenvalue weighted by Gasteiger charge is -2.46. The molecule has 0 aromatic heterocycles. The number of rotatable bonds is 5. The fourth-order valence-electron chi connectivity index (χ4n) is 5.90. The summed E-state index contributed by atoms with van der Waals surface area (Å²) >= 11 is 0. The molecule has 23 heavy (non-hydrogen) atoms. The van der Waals surface area contributed by atoms with Gasteiger partial charge in [0.1, 0.15) is 0 Å². The van der Waals surface area contributed by atoms with Crippen LogP contribution in [0.4, 0.5) is 0 Å². The Balaban J connectivity index is 1.37. The van der Waals surface area contributed by atoms with Gasteiger partial charge in [0.25, 0.3) is 0 Å². The lowest BCUT2D eigenvalue weighted by Crippen LogP contribution is -2.40. The smallest absolute Gasteiger partial charge is 0.000967 e. The fourth-order valence-corrected chi connectivity index (χ4v) is 5.90. The van der Waals surface area contributed by atoms with Crippen LogP contribution in [0.5, 0.6) is 0 Å². The van der Waals surface area contributed by atoms with Crippen molar-refractivity contribution < 1.29 is 0 Å². The first-order chi connectivity index (χ1) is 11.2.